The SMILES string of the molecule is Cc1ccccc1N1C(=O)C(C)(C)C2CNCCC21. The van der Waals surface area contributed by atoms with E-state index in [4.69, 9.17) is 0 Å². The second kappa shape index (κ2) is 4.34. The van der Waals surface area contributed by atoms with Crippen molar-refractivity contribution in [3.63, 3.8) is 0 Å². The first-order valence-electron chi connectivity index (χ1n) is 7.13. The van der Waals surface area contributed by atoms with Crippen LogP contribution in [0.25, 0.3) is 0 Å². The normalized spacial score (nSPS) is 29.4. The average molecular weight is 258 g/mol. The molecule has 3 rings (SSSR count). The highest BCUT2D eigenvalue weighted by molar-refractivity contribution is 6.01. The maximum atomic E-state index is 12.8. The Kier molecular flexibility index (Phi) is 2.90. The third-order valence-corrected chi connectivity index (χ3v) is 4.85. The first-order chi connectivity index (χ1) is 9.03. The van der Waals surface area contributed by atoms with Gasteiger partial charge in [0.1, 0.15) is 0 Å². The number of carbonyl (C=O) groups excluding carboxylic acids is 1. The summed E-state index contributed by atoms with van der Waals surface area (Å²) >= 11 is 0. The largest absolute Gasteiger partial charge is 0.316 e. The molecule has 1 aromatic carbocycles. The molecule has 2 unspecified atom stereocenters. The lowest BCUT2D eigenvalue weighted by molar-refractivity contribution is -0.125. The molecule has 0 saturated carbocycles. The maximum Gasteiger partial charge on any atom is 0.233 e. The second-order valence-electron chi connectivity index (χ2n) is 6.35. The molecule has 2 aliphatic heterocycles. The van der Waals surface area contributed by atoms with Crippen molar-refractivity contribution in [1.82, 2.24) is 5.32 Å². The fraction of sp³-hybridized carbons (Fsp3) is 0.562. The summed E-state index contributed by atoms with van der Waals surface area (Å²) in [6.45, 7) is 8.24. The third-order valence-electron chi connectivity index (χ3n) is 4.85. The number of piperidine rings is 1. The van der Waals surface area contributed by atoms with E-state index in [9.17, 15) is 4.79 Å². The Morgan fingerprint density at radius 2 is 2.05 bits per heavy atom. The van der Waals surface area contributed by atoms with Crippen molar-refractivity contribution in [2.24, 2.45) is 11.3 Å². The van der Waals surface area contributed by atoms with Crippen LogP contribution in [-0.4, -0.2) is 25.0 Å². The van der Waals surface area contributed by atoms with Gasteiger partial charge in [0, 0.05) is 24.2 Å². The van der Waals surface area contributed by atoms with Crippen LogP contribution >= 0.6 is 0 Å². The maximum absolute atomic E-state index is 12.8. The summed E-state index contributed by atoms with van der Waals surface area (Å²) in [4.78, 5) is 14.9. The molecule has 3 heteroatoms. The third kappa shape index (κ3) is 1.79. The molecule has 2 aliphatic rings. The Labute approximate surface area is 115 Å². The van der Waals surface area contributed by atoms with Gasteiger partial charge in [-0.1, -0.05) is 32.0 Å². The number of para-hydroxylation sites is 1. The van der Waals surface area contributed by atoms with Gasteiger partial charge in [0.25, 0.3) is 0 Å². The molecule has 3 nitrogen and oxygen atoms in total. The van der Waals surface area contributed by atoms with Crippen molar-refractivity contribution in [2.75, 3.05) is 18.0 Å². The minimum Gasteiger partial charge on any atom is -0.316 e. The number of nitrogens with one attached hydrogen (secondary N) is 1. The summed E-state index contributed by atoms with van der Waals surface area (Å²) in [5.74, 6) is 0.689. The monoisotopic (exact) mass is 258 g/mol. The van der Waals surface area contributed by atoms with Crippen LogP contribution in [0.5, 0.6) is 0 Å². The van der Waals surface area contributed by atoms with Crippen LogP contribution in [0.15, 0.2) is 24.3 Å². The fourth-order valence-corrected chi connectivity index (χ4v) is 3.63. The summed E-state index contributed by atoms with van der Waals surface area (Å²) in [5.41, 5.74) is 2.02. The number of carbonyl (C=O) groups is 1. The Bertz CT molecular complexity index is 509. The second-order valence-corrected chi connectivity index (χ2v) is 6.35. The first-order valence-corrected chi connectivity index (χ1v) is 7.13. The number of fused-ring (bicyclic) bond motifs is 1. The Balaban J connectivity index is 2.06. The van der Waals surface area contributed by atoms with Gasteiger partial charge in [-0.15, -0.1) is 0 Å². The van der Waals surface area contributed by atoms with Crippen LogP contribution < -0.4 is 10.2 Å². The van der Waals surface area contributed by atoms with E-state index in [2.05, 4.69) is 43.1 Å². The Hall–Kier alpha value is -1.35. The van der Waals surface area contributed by atoms with Crippen LogP contribution in [0.4, 0.5) is 5.69 Å². The minimum atomic E-state index is -0.264. The molecule has 0 bridgehead atoms. The molecule has 102 valence electrons. The number of hydrogen-bond acceptors (Lipinski definition) is 2. The highest BCUT2D eigenvalue weighted by Crippen LogP contribution is 2.45. The zero-order valence-electron chi connectivity index (χ0n) is 11.9. The van der Waals surface area contributed by atoms with E-state index in [0.29, 0.717) is 12.0 Å². The van der Waals surface area contributed by atoms with E-state index in [-0.39, 0.29) is 11.3 Å². The van der Waals surface area contributed by atoms with Gasteiger partial charge < -0.3 is 10.2 Å². The van der Waals surface area contributed by atoms with Crippen molar-refractivity contribution < 1.29 is 4.79 Å². The standard InChI is InChI=1S/C16H22N2O/c1-11-6-4-5-7-13(11)18-14-8-9-17-10-12(14)16(2,3)15(18)19/h4-7,12,14,17H,8-10H2,1-3H3. The van der Waals surface area contributed by atoms with E-state index in [0.717, 1.165) is 25.2 Å². The number of anilines is 1. The quantitative estimate of drug-likeness (QED) is 0.838. The summed E-state index contributed by atoms with van der Waals surface area (Å²) in [6, 6.07) is 8.57. The highest BCUT2D eigenvalue weighted by Gasteiger charge is 2.54. The molecule has 19 heavy (non-hydrogen) atoms. The first kappa shape index (κ1) is 12.7. The lowest BCUT2D eigenvalue weighted by Gasteiger charge is -2.34. The Morgan fingerprint density at radius 3 is 2.79 bits per heavy atom. The lowest BCUT2D eigenvalue weighted by atomic mass is 9.76. The van der Waals surface area contributed by atoms with Gasteiger partial charge >= 0.3 is 0 Å². The molecule has 0 aliphatic carbocycles. The highest BCUT2D eigenvalue weighted by atomic mass is 16.2. The van der Waals surface area contributed by atoms with Crippen LogP contribution in [0.1, 0.15) is 25.8 Å². The number of nitrogens with zero attached hydrogens (tertiary/aromatic N) is 1. The van der Waals surface area contributed by atoms with Gasteiger partial charge in [0.15, 0.2) is 0 Å². The minimum absolute atomic E-state index is 0.264. The summed E-state index contributed by atoms with van der Waals surface area (Å²) < 4.78 is 0. The predicted molar refractivity (Wildman–Crippen MR) is 77.2 cm³/mol. The molecule has 0 aromatic heterocycles. The molecule has 0 spiro atoms. The number of hydrogen-bond donors (Lipinski definition) is 1. The van der Waals surface area contributed by atoms with E-state index in [1.54, 1.807) is 0 Å². The number of rotatable bonds is 1. The smallest absolute Gasteiger partial charge is 0.233 e. The van der Waals surface area contributed by atoms with Gasteiger partial charge in [-0.3, -0.25) is 4.79 Å². The predicted octanol–water partition coefficient (Wildman–Crippen LogP) is 2.35. The molecule has 2 heterocycles. The molecule has 1 amide bonds. The van der Waals surface area contributed by atoms with Crippen LogP contribution in [0.2, 0.25) is 0 Å². The van der Waals surface area contributed by atoms with Crippen LogP contribution in [-0.2, 0) is 4.79 Å². The van der Waals surface area contributed by atoms with Gasteiger partial charge in [0.2, 0.25) is 5.91 Å². The molecule has 1 N–H and O–H groups in total. The van der Waals surface area contributed by atoms with Crippen molar-refractivity contribution in [1.29, 1.82) is 0 Å². The van der Waals surface area contributed by atoms with Crippen molar-refractivity contribution in [3.05, 3.63) is 29.8 Å². The molecule has 1 aromatic rings. The van der Waals surface area contributed by atoms with Gasteiger partial charge in [-0.25, -0.2) is 0 Å². The molecule has 2 atom stereocenters. The van der Waals surface area contributed by atoms with E-state index < -0.39 is 0 Å². The molecule has 0 radical (unpaired) electrons. The van der Waals surface area contributed by atoms with Gasteiger partial charge in [0.05, 0.1) is 5.41 Å². The zero-order valence-corrected chi connectivity index (χ0v) is 11.9. The van der Waals surface area contributed by atoms with Crippen LogP contribution in [0.3, 0.4) is 0 Å². The van der Waals surface area contributed by atoms with E-state index >= 15 is 0 Å². The number of amides is 1. The molecular weight excluding hydrogens is 236 g/mol. The number of benzene rings is 1. The van der Waals surface area contributed by atoms with Gasteiger partial charge in [-0.2, -0.15) is 0 Å². The fourth-order valence-electron chi connectivity index (χ4n) is 3.63. The molecule has 2 saturated heterocycles. The summed E-state index contributed by atoms with van der Waals surface area (Å²) in [7, 11) is 0. The summed E-state index contributed by atoms with van der Waals surface area (Å²) in [5, 5.41) is 3.44. The van der Waals surface area contributed by atoms with Gasteiger partial charge in [-0.05, 0) is 31.5 Å². The van der Waals surface area contributed by atoms with Crippen molar-refractivity contribution in [3.8, 4) is 0 Å². The van der Waals surface area contributed by atoms with Crippen LogP contribution in [0, 0.1) is 18.3 Å². The van der Waals surface area contributed by atoms with E-state index in [1.165, 1.54) is 5.56 Å². The molecular formula is C16H22N2O. The topological polar surface area (TPSA) is 32.3 Å². The Morgan fingerprint density at radius 1 is 1.32 bits per heavy atom. The van der Waals surface area contributed by atoms with Crippen molar-refractivity contribution >= 4 is 11.6 Å². The summed E-state index contributed by atoms with van der Waals surface area (Å²) in [6.07, 6.45) is 1.05. The molecule has 2 fully saturated rings. The number of aryl methyl sites for hydroxylation is 1. The average Bonchev–Trinajstić information content (AvgIpc) is 2.60. The zero-order chi connectivity index (χ0) is 13.6. The van der Waals surface area contributed by atoms with Crippen molar-refractivity contribution in [2.45, 2.75) is 33.2 Å². The van der Waals surface area contributed by atoms with E-state index in [1.807, 2.05) is 12.1 Å². The lowest BCUT2D eigenvalue weighted by Crippen LogP contribution is -2.45.